The van der Waals surface area contributed by atoms with E-state index in [1.54, 1.807) is 0 Å². The molecule has 0 saturated heterocycles. The summed E-state index contributed by atoms with van der Waals surface area (Å²) in [4.78, 5) is 12.2. The first kappa shape index (κ1) is 15.3. The van der Waals surface area contributed by atoms with E-state index in [2.05, 4.69) is 17.6 Å². The molecule has 110 valence electrons. The van der Waals surface area contributed by atoms with E-state index in [9.17, 15) is 4.79 Å². The van der Waals surface area contributed by atoms with Gasteiger partial charge in [0.1, 0.15) is 0 Å². The van der Waals surface area contributed by atoms with E-state index >= 15 is 0 Å². The number of amides is 1. The molecule has 2 aromatic carbocycles. The lowest BCUT2D eigenvalue weighted by atomic mass is 10.0. The van der Waals surface area contributed by atoms with Crippen LogP contribution in [0.1, 0.15) is 30.9 Å². The summed E-state index contributed by atoms with van der Waals surface area (Å²) in [5.41, 5.74) is 3.08. The third-order valence-corrected chi connectivity index (χ3v) is 3.49. The van der Waals surface area contributed by atoms with Gasteiger partial charge in [0.25, 0.3) is 0 Å². The van der Waals surface area contributed by atoms with Gasteiger partial charge in [0.15, 0.2) is 0 Å². The maximum absolute atomic E-state index is 12.2. The first-order chi connectivity index (χ1) is 10.2. The monoisotopic (exact) mass is 282 g/mol. The lowest BCUT2D eigenvalue weighted by molar-refractivity contribution is -0.117. The molecule has 1 unspecified atom stereocenters. The third kappa shape index (κ3) is 4.43. The zero-order valence-electron chi connectivity index (χ0n) is 12.6. The van der Waals surface area contributed by atoms with Crippen molar-refractivity contribution in [2.45, 2.75) is 26.3 Å². The molecule has 0 aliphatic rings. The number of hydrogen-bond acceptors (Lipinski definition) is 2. The van der Waals surface area contributed by atoms with Crippen molar-refractivity contribution in [1.29, 1.82) is 0 Å². The molecular formula is C18H22N2O. The lowest BCUT2D eigenvalue weighted by Crippen LogP contribution is -2.18. The van der Waals surface area contributed by atoms with Gasteiger partial charge in [-0.05, 0) is 36.7 Å². The van der Waals surface area contributed by atoms with Crippen LogP contribution in [0.3, 0.4) is 0 Å². The number of anilines is 1. The van der Waals surface area contributed by atoms with Crippen LogP contribution >= 0.6 is 0 Å². The van der Waals surface area contributed by atoms with E-state index in [0.29, 0.717) is 0 Å². The molecule has 2 aromatic rings. The molecule has 0 saturated carbocycles. The van der Waals surface area contributed by atoms with E-state index in [4.69, 9.17) is 0 Å². The number of carbonyl (C=O) groups is 1. The number of hydrogen-bond donors (Lipinski definition) is 2. The van der Waals surface area contributed by atoms with E-state index in [-0.39, 0.29) is 11.8 Å². The fraction of sp³-hybridized carbons (Fsp3) is 0.278. The van der Waals surface area contributed by atoms with Crippen LogP contribution in [-0.4, -0.2) is 12.5 Å². The first-order valence-electron chi connectivity index (χ1n) is 7.36. The van der Waals surface area contributed by atoms with E-state index < -0.39 is 0 Å². The number of nitrogens with one attached hydrogen (secondary N) is 2. The molecule has 0 heterocycles. The maximum Gasteiger partial charge on any atom is 0.231 e. The van der Waals surface area contributed by atoms with E-state index in [1.165, 1.54) is 5.56 Å². The van der Waals surface area contributed by atoms with Gasteiger partial charge in [-0.2, -0.15) is 0 Å². The molecule has 0 bridgehead atoms. The van der Waals surface area contributed by atoms with Crippen LogP contribution in [0.25, 0.3) is 0 Å². The molecule has 1 amide bonds. The molecule has 0 spiro atoms. The van der Waals surface area contributed by atoms with Crippen LogP contribution in [0.2, 0.25) is 0 Å². The lowest BCUT2D eigenvalue weighted by Gasteiger charge is -2.13. The van der Waals surface area contributed by atoms with E-state index in [1.807, 2.05) is 61.5 Å². The highest BCUT2D eigenvalue weighted by molar-refractivity contribution is 5.95. The smallest absolute Gasteiger partial charge is 0.231 e. The Morgan fingerprint density at radius 2 is 1.71 bits per heavy atom. The largest absolute Gasteiger partial charge is 0.326 e. The normalized spacial score (nSPS) is 11.9. The van der Waals surface area contributed by atoms with Crippen molar-refractivity contribution < 1.29 is 4.79 Å². The molecule has 0 fully saturated rings. The minimum absolute atomic E-state index is 0.0145. The Balaban J connectivity index is 1.96. The quantitative estimate of drug-likeness (QED) is 0.851. The van der Waals surface area contributed by atoms with Gasteiger partial charge < -0.3 is 10.6 Å². The summed E-state index contributed by atoms with van der Waals surface area (Å²) in [6, 6.07) is 17.8. The molecular weight excluding hydrogens is 260 g/mol. The Bertz CT molecular complexity index is 564. The molecule has 21 heavy (non-hydrogen) atoms. The topological polar surface area (TPSA) is 41.1 Å². The Kier molecular flexibility index (Phi) is 5.52. The van der Waals surface area contributed by atoms with Crippen LogP contribution < -0.4 is 10.6 Å². The van der Waals surface area contributed by atoms with Crippen molar-refractivity contribution in [3.8, 4) is 0 Å². The second-order valence-electron chi connectivity index (χ2n) is 5.10. The number of rotatable bonds is 6. The fourth-order valence-electron chi connectivity index (χ4n) is 2.12. The predicted octanol–water partition coefficient (Wildman–Crippen LogP) is 3.54. The Morgan fingerprint density at radius 3 is 2.33 bits per heavy atom. The minimum Gasteiger partial charge on any atom is -0.326 e. The van der Waals surface area contributed by atoms with Crippen LogP contribution in [0, 0.1) is 0 Å². The summed E-state index contributed by atoms with van der Waals surface area (Å²) in [7, 11) is 0. The van der Waals surface area contributed by atoms with Crippen molar-refractivity contribution in [3.63, 3.8) is 0 Å². The second-order valence-corrected chi connectivity index (χ2v) is 5.10. The molecule has 0 aromatic heterocycles. The Labute approximate surface area is 126 Å². The maximum atomic E-state index is 12.2. The fourth-order valence-corrected chi connectivity index (χ4v) is 2.12. The highest BCUT2D eigenvalue weighted by Gasteiger charge is 2.14. The van der Waals surface area contributed by atoms with Crippen molar-refractivity contribution in [1.82, 2.24) is 5.32 Å². The van der Waals surface area contributed by atoms with Gasteiger partial charge in [-0.15, -0.1) is 0 Å². The Morgan fingerprint density at radius 1 is 1.05 bits per heavy atom. The van der Waals surface area contributed by atoms with E-state index in [0.717, 1.165) is 24.3 Å². The van der Waals surface area contributed by atoms with Gasteiger partial charge in [-0.25, -0.2) is 0 Å². The summed E-state index contributed by atoms with van der Waals surface area (Å²) in [6.07, 6.45) is 0. The molecule has 3 heteroatoms. The Hall–Kier alpha value is -2.13. The van der Waals surface area contributed by atoms with Gasteiger partial charge >= 0.3 is 0 Å². The zero-order chi connectivity index (χ0) is 15.1. The summed E-state index contributed by atoms with van der Waals surface area (Å²) in [5.74, 6) is -0.145. The molecule has 0 aliphatic heterocycles. The first-order valence-corrected chi connectivity index (χ1v) is 7.36. The molecule has 1 atom stereocenters. The van der Waals surface area contributed by atoms with Gasteiger partial charge in [-0.3, -0.25) is 4.79 Å². The summed E-state index contributed by atoms with van der Waals surface area (Å²) in [6.45, 7) is 5.81. The van der Waals surface area contributed by atoms with Gasteiger partial charge in [0.05, 0.1) is 5.92 Å². The highest BCUT2D eigenvalue weighted by atomic mass is 16.1. The molecule has 0 radical (unpaired) electrons. The number of carbonyl (C=O) groups excluding carboxylic acids is 1. The van der Waals surface area contributed by atoms with Crippen molar-refractivity contribution in [2.24, 2.45) is 0 Å². The average molecular weight is 282 g/mol. The molecule has 2 N–H and O–H groups in total. The summed E-state index contributed by atoms with van der Waals surface area (Å²) in [5, 5.41) is 6.24. The predicted molar refractivity (Wildman–Crippen MR) is 87.3 cm³/mol. The summed E-state index contributed by atoms with van der Waals surface area (Å²) < 4.78 is 0. The molecule has 2 rings (SSSR count). The highest BCUT2D eigenvalue weighted by Crippen LogP contribution is 2.18. The van der Waals surface area contributed by atoms with Crippen LogP contribution in [-0.2, 0) is 11.3 Å². The van der Waals surface area contributed by atoms with Crippen molar-refractivity contribution in [3.05, 3.63) is 65.7 Å². The molecule has 0 aliphatic carbocycles. The minimum atomic E-state index is -0.160. The van der Waals surface area contributed by atoms with Crippen molar-refractivity contribution in [2.75, 3.05) is 11.9 Å². The van der Waals surface area contributed by atoms with Crippen LogP contribution in [0.15, 0.2) is 54.6 Å². The molecule has 3 nitrogen and oxygen atoms in total. The SMILES string of the molecule is CCNCc1ccc(NC(=O)C(C)c2ccccc2)cc1. The van der Waals surface area contributed by atoms with Crippen molar-refractivity contribution >= 4 is 11.6 Å². The zero-order valence-corrected chi connectivity index (χ0v) is 12.6. The van der Waals surface area contributed by atoms with Crippen LogP contribution in [0.4, 0.5) is 5.69 Å². The number of benzene rings is 2. The van der Waals surface area contributed by atoms with Gasteiger partial charge in [0, 0.05) is 12.2 Å². The second kappa shape index (κ2) is 7.60. The van der Waals surface area contributed by atoms with Crippen LogP contribution in [0.5, 0.6) is 0 Å². The average Bonchev–Trinajstić information content (AvgIpc) is 2.54. The third-order valence-electron chi connectivity index (χ3n) is 3.49. The van der Waals surface area contributed by atoms with Gasteiger partial charge in [-0.1, -0.05) is 49.4 Å². The van der Waals surface area contributed by atoms with Gasteiger partial charge in [0.2, 0.25) is 5.91 Å². The summed E-state index contributed by atoms with van der Waals surface area (Å²) >= 11 is 0. The standard InChI is InChI=1S/C18H22N2O/c1-3-19-13-15-9-11-17(12-10-15)20-18(21)14(2)16-7-5-4-6-8-16/h4-12,14,19H,3,13H2,1-2H3,(H,20,21).